The van der Waals surface area contributed by atoms with Gasteiger partial charge in [0.05, 0.1) is 0 Å². The Labute approximate surface area is 79.1 Å². The minimum Gasteiger partial charge on any atom is -0.380 e. The Morgan fingerprint density at radius 3 is 2.07 bits per heavy atom. The number of nitrogens with two attached hydrogens (primary N) is 1. The third kappa shape index (κ3) is 2.00. The SMILES string of the molecule is NC(=O)C1CCC(O)(C(F)(F)F)CC1. The summed E-state index contributed by atoms with van der Waals surface area (Å²) in [7, 11) is 0. The summed E-state index contributed by atoms with van der Waals surface area (Å²) in [6, 6.07) is 0. The summed E-state index contributed by atoms with van der Waals surface area (Å²) in [4.78, 5) is 10.7. The lowest BCUT2D eigenvalue weighted by Gasteiger charge is -2.36. The van der Waals surface area contributed by atoms with Gasteiger partial charge in [-0.15, -0.1) is 0 Å². The quantitative estimate of drug-likeness (QED) is 0.678. The Kier molecular flexibility index (Phi) is 2.76. The number of rotatable bonds is 1. The van der Waals surface area contributed by atoms with Crippen molar-refractivity contribution in [2.45, 2.75) is 37.5 Å². The standard InChI is InChI=1S/C8H12F3NO2/c9-8(10,11)7(14)3-1-5(2-4-7)6(12)13/h5,14H,1-4H2,(H2,12,13). The first-order valence-corrected chi connectivity index (χ1v) is 4.35. The highest BCUT2D eigenvalue weighted by molar-refractivity contribution is 5.76. The number of halogens is 3. The van der Waals surface area contributed by atoms with Crippen LogP contribution in [0.15, 0.2) is 0 Å². The van der Waals surface area contributed by atoms with Crippen LogP contribution < -0.4 is 5.73 Å². The van der Waals surface area contributed by atoms with Crippen LogP contribution in [-0.2, 0) is 4.79 Å². The van der Waals surface area contributed by atoms with E-state index in [9.17, 15) is 23.1 Å². The lowest BCUT2D eigenvalue weighted by atomic mass is 9.78. The summed E-state index contributed by atoms with van der Waals surface area (Å²) in [5, 5.41) is 9.23. The highest BCUT2D eigenvalue weighted by Crippen LogP contribution is 2.42. The van der Waals surface area contributed by atoms with Crippen molar-refractivity contribution in [3.05, 3.63) is 0 Å². The van der Waals surface area contributed by atoms with E-state index in [-0.39, 0.29) is 12.8 Å². The van der Waals surface area contributed by atoms with Crippen LogP contribution in [0, 0.1) is 5.92 Å². The molecule has 1 aliphatic rings. The van der Waals surface area contributed by atoms with Crippen LogP contribution in [0.2, 0.25) is 0 Å². The molecule has 0 heterocycles. The Balaban J connectivity index is 2.62. The molecule has 0 saturated heterocycles. The number of alkyl halides is 3. The first-order chi connectivity index (χ1) is 6.26. The summed E-state index contributed by atoms with van der Waals surface area (Å²) >= 11 is 0. The van der Waals surface area contributed by atoms with E-state index in [4.69, 9.17) is 5.73 Å². The number of carbonyl (C=O) groups is 1. The topological polar surface area (TPSA) is 63.3 Å². The molecule has 3 nitrogen and oxygen atoms in total. The minimum absolute atomic E-state index is 0.00530. The van der Waals surface area contributed by atoms with Gasteiger partial charge in [-0.25, -0.2) is 0 Å². The van der Waals surface area contributed by atoms with Crippen molar-refractivity contribution < 1.29 is 23.1 Å². The molecule has 0 aromatic heterocycles. The molecule has 1 aliphatic carbocycles. The average molecular weight is 211 g/mol. The fourth-order valence-electron chi connectivity index (χ4n) is 1.66. The molecule has 14 heavy (non-hydrogen) atoms. The Morgan fingerprint density at radius 2 is 1.79 bits per heavy atom. The molecule has 6 heteroatoms. The second-order valence-electron chi connectivity index (χ2n) is 3.71. The molecule has 0 spiro atoms. The molecular weight excluding hydrogens is 199 g/mol. The summed E-state index contributed by atoms with van der Waals surface area (Å²) in [6.07, 6.45) is -5.49. The molecule has 3 N–H and O–H groups in total. The number of hydrogen-bond donors (Lipinski definition) is 2. The lowest BCUT2D eigenvalue weighted by molar-refractivity contribution is -0.271. The normalized spacial score (nSPS) is 34.1. The first kappa shape index (κ1) is 11.3. The number of primary amides is 1. The maximum atomic E-state index is 12.3. The smallest absolute Gasteiger partial charge is 0.380 e. The summed E-state index contributed by atoms with van der Waals surface area (Å²) in [6.45, 7) is 0. The largest absolute Gasteiger partial charge is 0.417 e. The van der Waals surface area contributed by atoms with Gasteiger partial charge in [0.2, 0.25) is 5.91 Å². The van der Waals surface area contributed by atoms with Crippen molar-refractivity contribution in [3.8, 4) is 0 Å². The van der Waals surface area contributed by atoms with E-state index in [0.29, 0.717) is 0 Å². The van der Waals surface area contributed by atoms with Crippen molar-refractivity contribution >= 4 is 5.91 Å². The molecule has 0 radical (unpaired) electrons. The molecule has 82 valence electrons. The Morgan fingerprint density at radius 1 is 1.36 bits per heavy atom. The summed E-state index contributed by atoms with van der Waals surface area (Å²) in [5.74, 6) is -1.12. The molecule has 0 aromatic carbocycles. The van der Waals surface area contributed by atoms with Crippen molar-refractivity contribution in [2.24, 2.45) is 11.7 Å². The van der Waals surface area contributed by atoms with E-state index in [1.54, 1.807) is 0 Å². The minimum atomic E-state index is -4.62. The van der Waals surface area contributed by atoms with Crippen molar-refractivity contribution in [2.75, 3.05) is 0 Å². The van der Waals surface area contributed by atoms with Crippen LogP contribution in [-0.4, -0.2) is 22.8 Å². The van der Waals surface area contributed by atoms with Crippen molar-refractivity contribution in [3.63, 3.8) is 0 Å². The van der Waals surface area contributed by atoms with Gasteiger partial charge in [-0.2, -0.15) is 13.2 Å². The predicted octanol–water partition coefficient (Wildman–Crippen LogP) is 0.955. The monoisotopic (exact) mass is 211 g/mol. The summed E-state index contributed by atoms with van der Waals surface area (Å²) < 4.78 is 36.9. The first-order valence-electron chi connectivity index (χ1n) is 4.35. The van der Waals surface area contributed by atoms with Crippen LogP contribution in [0.3, 0.4) is 0 Å². The highest BCUT2D eigenvalue weighted by atomic mass is 19.4. The zero-order chi connectivity index (χ0) is 11.0. The van der Waals surface area contributed by atoms with E-state index >= 15 is 0 Å². The van der Waals surface area contributed by atoms with Gasteiger partial charge >= 0.3 is 6.18 Å². The van der Waals surface area contributed by atoms with Crippen LogP contribution in [0.1, 0.15) is 25.7 Å². The zero-order valence-corrected chi connectivity index (χ0v) is 7.47. The van der Waals surface area contributed by atoms with Gasteiger partial charge < -0.3 is 10.8 Å². The molecule has 0 aliphatic heterocycles. The molecule has 1 rings (SSSR count). The van der Waals surface area contributed by atoms with Gasteiger partial charge in [0.15, 0.2) is 5.60 Å². The maximum absolute atomic E-state index is 12.3. The second kappa shape index (κ2) is 3.42. The zero-order valence-electron chi connectivity index (χ0n) is 7.47. The van der Waals surface area contributed by atoms with Gasteiger partial charge in [0.25, 0.3) is 0 Å². The molecule has 1 saturated carbocycles. The molecular formula is C8H12F3NO2. The van der Waals surface area contributed by atoms with E-state index in [1.807, 2.05) is 0 Å². The number of amides is 1. The van der Waals surface area contributed by atoms with Gasteiger partial charge in [0.1, 0.15) is 0 Å². The molecule has 0 aromatic rings. The van der Waals surface area contributed by atoms with Crippen molar-refractivity contribution in [1.29, 1.82) is 0 Å². The van der Waals surface area contributed by atoms with Gasteiger partial charge in [0, 0.05) is 5.92 Å². The van der Waals surface area contributed by atoms with E-state index in [2.05, 4.69) is 0 Å². The van der Waals surface area contributed by atoms with E-state index in [0.717, 1.165) is 0 Å². The third-order valence-corrected chi connectivity index (χ3v) is 2.74. The molecule has 1 fully saturated rings. The number of carbonyl (C=O) groups excluding carboxylic acids is 1. The molecule has 1 amide bonds. The summed E-state index contributed by atoms with van der Waals surface area (Å²) in [5.41, 5.74) is 2.34. The van der Waals surface area contributed by atoms with Gasteiger partial charge in [-0.05, 0) is 25.7 Å². The fraction of sp³-hybridized carbons (Fsp3) is 0.875. The van der Waals surface area contributed by atoms with Crippen LogP contribution in [0.5, 0.6) is 0 Å². The third-order valence-electron chi connectivity index (χ3n) is 2.74. The molecule has 0 bridgehead atoms. The second-order valence-corrected chi connectivity index (χ2v) is 3.71. The number of aliphatic hydroxyl groups is 1. The van der Waals surface area contributed by atoms with Crippen LogP contribution >= 0.6 is 0 Å². The Bertz CT molecular complexity index is 231. The van der Waals surface area contributed by atoms with Gasteiger partial charge in [-0.3, -0.25) is 4.79 Å². The predicted molar refractivity (Wildman–Crippen MR) is 42.2 cm³/mol. The molecule has 0 unspecified atom stereocenters. The van der Waals surface area contributed by atoms with E-state index in [1.165, 1.54) is 0 Å². The van der Waals surface area contributed by atoms with Crippen molar-refractivity contribution in [1.82, 2.24) is 0 Å². The number of hydrogen-bond acceptors (Lipinski definition) is 2. The Hall–Kier alpha value is -0.780. The fourth-order valence-corrected chi connectivity index (χ4v) is 1.66. The van der Waals surface area contributed by atoms with Crippen LogP contribution in [0.4, 0.5) is 13.2 Å². The average Bonchev–Trinajstić information content (AvgIpc) is 2.03. The van der Waals surface area contributed by atoms with Gasteiger partial charge in [-0.1, -0.05) is 0 Å². The van der Waals surface area contributed by atoms with E-state index < -0.39 is 36.4 Å². The highest BCUT2D eigenvalue weighted by Gasteiger charge is 2.54. The lowest BCUT2D eigenvalue weighted by Crippen LogP contribution is -2.48. The molecule has 0 atom stereocenters. The van der Waals surface area contributed by atoms with Crippen LogP contribution in [0.25, 0.3) is 0 Å². The maximum Gasteiger partial charge on any atom is 0.417 e.